The van der Waals surface area contributed by atoms with Gasteiger partial charge in [0.2, 0.25) is 6.79 Å². The highest BCUT2D eigenvalue weighted by atomic mass is 16.7. The Balaban J connectivity index is 1.61. The zero-order valence-corrected chi connectivity index (χ0v) is 15.4. The molecule has 2 N–H and O–H groups in total. The molecule has 140 valence electrons. The van der Waals surface area contributed by atoms with Crippen LogP contribution in [0.1, 0.15) is 34.1 Å². The standard InChI is InChI=1S/C21H22N2O4/c1-3-23-17-8-13(2)4-6-15(17)16(20(23)21(24)25)11-22-10-14-5-7-18-19(9-14)27-12-26-18/h4-9,22H,3,10-12H2,1-2H3,(H,24,25). The molecule has 4 rings (SSSR count). The number of carbonyl (C=O) groups is 1. The van der Waals surface area contributed by atoms with Gasteiger partial charge in [0.15, 0.2) is 11.5 Å². The average Bonchev–Trinajstić information content (AvgIpc) is 3.23. The molecule has 0 radical (unpaired) electrons. The summed E-state index contributed by atoms with van der Waals surface area (Å²) in [6, 6.07) is 11.9. The van der Waals surface area contributed by atoms with Crippen molar-refractivity contribution in [3.05, 3.63) is 58.8 Å². The van der Waals surface area contributed by atoms with Gasteiger partial charge in [0.25, 0.3) is 0 Å². The second-order valence-corrected chi connectivity index (χ2v) is 6.69. The summed E-state index contributed by atoms with van der Waals surface area (Å²) in [7, 11) is 0. The maximum atomic E-state index is 11.9. The number of aromatic nitrogens is 1. The Hall–Kier alpha value is -2.99. The molecule has 2 heterocycles. The Morgan fingerprint density at radius 3 is 2.74 bits per heavy atom. The van der Waals surface area contributed by atoms with Gasteiger partial charge < -0.3 is 24.5 Å². The molecule has 1 aliphatic heterocycles. The maximum absolute atomic E-state index is 11.9. The topological polar surface area (TPSA) is 72.7 Å². The van der Waals surface area contributed by atoms with Crippen LogP contribution in [-0.2, 0) is 19.6 Å². The molecule has 27 heavy (non-hydrogen) atoms. The summed E-state index contributed by atoms with van der Waals surface area (Å²) in [5.74, 6) is 0.609. The lowest BCUT2D eigenvalue weighted by molar-refractivity contribution is 0.0684. The number of benzene rings is 2. The summed E-state index contributed by atoms with van der Waals surface area (Å²) in [5.41, 5.74) is 4.32. The van der Waals surface area contributed by atoms with Crippen molar-refractivity contribution >= 4 is 16.9 Å². The van der Waals surface area contributed by atoms with E-state index in [1.165, 1.54) is 0 Å². The molecule has 0 aliphatic carbocycles. The number of carboxylic acid groups (broad SMARTS) is 1. The molecular formula is C21H22N2O4. The lowest BCUT2D eigenvalue weighted by atomic mass is 10.1. The minimum absolute atomic E-state index is 0.254. The van der Waals surface area contributed by atoms with Gasteiger partial charge in [-0.25, -0.2) is 4.79 Å². The largest absolute Gasteiger partial charge is 0.477 e. The molecule has 0 amide bonds. The Kier molecular flexibility index (Phi) is 4.49. The van der Waals surface area contributed by atoms with Crippen LogP contribution in [0.4, 0.5) is 0 Å². The van der Waals surface area contributed by atoms with Crippen molar-refractivity contribution in [1.82, 2.24) is 9.88 Å². The summed E-state index contributed by atoms with van der Waals surface area (Å²) >= 11 is 0. The second-order valence-electron chi connectivity index (χ2n) is 6.69. The Morgan fingerprint density at radius 1 is 1.15 bits per heavy atom. The number of carboxylic acids is 1. The summed E-state index contributed by atoms with van der Waals surface area (Å²) < 4.78 is 12.6. The van der Waals surface area contributed by atoms with Gasteiger partial charge in [-0.3, -0.25) is 0 Å². The minimum Gasteiger partial charge on any atom is -0.477 e. The number of hydrogen-bond donors (Lipinski definition) is 2. The van der Waals surface area contributed by atoms with Crippen LogP contribution in [0.25, 0.3) is 10.9 Å². The van der Waals surface area contributed by atoms with Crippen LogP contribution in [0.3, 0.4) is 0 Å². The summed E-state index contributed by atoms with van der Waals surface area (Å²) in [6.07, 6.45) is 0. The number of aryl methyl sites for hydroxylation is 2. The first-order valence-corrected chi connectivity index (χ1v) is 9.02. The molecule has 2 aromatic carbocycles. The number of ether oxygens (including phenoxy) is 2. The lowest BCUT2D eigenvalue weighted by Gasteiger charge is -2.08. The predicted octanol–water partition coefficient (Wildman–Crippen LogP) is 3.69. The number of fused-ring (bicyclic) bond motifs is 2. The van der Waals surface area contributed by atoms with E-state index in [1.54, 1.807) is 0 Å². The van der Waals surface area contributed by atoms with Crippen molar-refractivity contribution in [2.45, 2.75) is 33.5 Å². The van der Waals surface area contributed by atoms with Gasteiger partial charge in [0.05, 0.1) is 0 Å². The zero-order chi connectivity index (χ0) is 19.0. The highest BCUT2D eigenvalue weighted by Crippen LogP contribution is 2.32. The fourth-order valence-electron chi connectivity index (χ4n) is 3.67. The first-order chi connectivity index (χ1) is 13.1. The molecule has 0 atom stereocenters. The van der Waals surface area contributed by atoms with E-state index in [9.17, 15) is 9.90 Å². The third-order valence-electron chi connectivity index (χ3n) is 4.91. The molecule has 0 unspecified atom stereocenters. The number of hydrogen-bond acceptors (Lipinski definition) is 4. The molecule has 3 aromatic rings. The summed E-state index contributed by atoms with van der Waals surface area (Å²) in [6.45, 7) is 5.94. The van der Waals surface area contributed by atoms with Crippen LogP contribution in [0.2, 0.25) is 0 Å². The number of aromatic carboxylic acids is 1. The Labute approximate surface area is 157 Å². The number of nitrogens with zero attached hydrogens (tertiary/aromatic N) is 1. The number of nitrogens with one attached hydrogen (secondary N) is 1. The van der Waals surface area contributed by atoms with Crippen LogP contribution in [0, 0.1) is 6.92 Å². The molecule has 1 aliphatic rings. The van der Waals surface area contributed by atoms with Crippen molar-refractivity contribution in [2.75, 3.05) is 6.79 Å². The van der Waals surface area contributed by atoms with Crippen molar-refractivity contribution in [1.29, 1.82) is 0 Å². The van der Waals surface area contributed by atoms with E-state index in [-0.39, 0.29) is 6.79 Å². The van der Waals surface area contributed by atoms with E-state index in [1.807, 2.05) is 54.8 Å². The molecule has 0 saturated heterocycles. The van der Waals surface area contributed by atoms with Crippen LogP contribution >= 0.6 is 0 Å². The molecule has 0 spiro atoms. The van der Waals surface area contributed by atoms with E-state index in [2.05, 4.69) is 5.32 Å². The molecule has 0 fully saturated rings. The average molecular weight is 366 g/mol. The summed E-state index contributed by atoms with van der Waals surface area (Å²) in [4.78, 5) is 11.9. The second kappa shape index (κ2) is 6.96. The maximum Gasteiger partial charge on any atom is 0.352 e. The molecule has 6 nitrogen and oxygen atoms in total. The number of rotatable bonds is 6. The molecule has 0 bridgehead atoms. The fourth-order valence-corrected chi connectivity index (χ4v) is 3.67. The van der Waals surface area contributed by atoms with Crippen molar-refractivity contribution in [2.24, 2.45) is 0 Å². The SMILES string of the molecule is CCn1c(C(=O)O)c(CNCc2ccc3c(c2)OCO3)c2ccc(C)cc21. The van der Waals surface area contributed by atoms with Crippen molar-refractivity contribution in [3.63, 3.8) is 0 Å². The van der Waals surface area contributed by atoms with E-state index in [0.29, 0.717) is 25.3 Å². The first kappa shape index (κ1) is 17.4. The van der Waals surface area contributed by atoms with E-state index >= 15 is 0 Å². The van der Waals surface area contributed by atoms with Gasteiger partial charge in [-0.15, -0.1) is 0 Å². The van der Waals surface area contributed by atoms with E-state index < -0.39 is 5.97 Å². The van der Waals surface area contributed by atoms with Crippen LogP contribution in [-0.4, -0.2) is 22.4 Å². The predicted molar refractivity (Wildman–Crippen MR) is 102 cm³/mol. The van der Waals surface area contributed by atoms with Crippen molar-refractivity contribution in [3.8, 4) is 11.5 Å². The van der Waals surface area contributed by atoms with Crippen LogP contribution in [0.5, 0.6) is 11.5 Å². The quantitative estimate of drug-likeness (QED) is 0.696. The smallest absolute Gasteiger partial charge is 0.352 e. The zero-order valence-electron chi connectivity index (χ0n) is 15.4. The van der Waals surface area contributed by atoms with E-state index in [0.717, 1.165) is 39.1 Å². The van der Waals surface area contributed by atoms with Crippen molar-refractivity contribution < 1.29 is 19.4 Å². The van der Waals surface area contributed by atoms with Gasteiger partial charge >= 0.3 is 5.97 Å². The van der Waals surface area contributed by atoms with Crippen LogP contribution < -0.4 is 14.8 Å². The van der Waals surface area contributed by atoms with Crippen LogP contribution in [0.15, 0.2) is 36.4 Å². The molecule has 6 heteroatoms. The molecule has 0 saturated carbocycles. The Morgan fingerprint density at radius 2 is 1.96 bits per heavy atom. The Bertz CT molecular complexity index is 1020. The highest BCUT2D eigenvalue weighted by Gasteiger charge is 2.21. The van der Waals surface area contributed by atoms with Gasteiger partial charge in [-0.2, -0.15) is 0 Å². The molecular weight excluding hydrogens is 344 g/mol. The summed E-state index contributed by atoms with van der Waals surface area (Å²) in [5, 5.41) is 14.2. The van der Waals surface area contributed by atoms with Gasteiger partial charge in [0, 0.05) is 36.1 Å². The third-order valence-corrected chi connectivity index (χ3v) is 4.91. The van der Waals surface area contributed by atoms with Gasteiger partial charge in [0.1, 0.15) is 5.69 Å². The van der Waals surface area contributed by atoms with Gasteiger partial charge in [-0.1, -0.05) is 18.2 Å². The molecule has 1 aromatic heterocycles. The fraction of sp³-hybridized carbons (Fsp3) is 0.286. The van der Waals surface area contributed by atoms with E-state index in [4.69, 9.17) is 9.47 Å². The monoisotopic (exact) mass is 366 g/mol. The minimum atomic E-state index is -0.898. The lowest BCUT2D eigenvalue weighted by Crippen LogP contribution is -2.16. The third kappa shape index (κ3) is 3.13. The highest BCUT2D eigenvalue weighted by molar-refractivity contribution is 5.98. The van der Waals surface area contributed by atoms with Gasteiger partial charge in [-0.05, 0) is 43.2 Å². The first-order valence-electron chi connectivity index (χ1n) is 9.02. The normalized spacial score (nSPS) is 12.7.